The average molecular weight is 491 g/mol. The lowest BCUT2D eigenvalue weighted by Crippen LogP contribution is -2.58. The lowest BCUT2D eigenvalue weighted by atomic mass is 9.92. The van der Waals surface area contributed by atoms with Crippen LogP contribution in [0.25, 0.3) is 0 Å². The summed E-state index contributed by atoms with van der Waals surface area (Å²) in [7, 11) is 1.51. The van der Waals surface area contributed by atoms with Crippen LogP contribution in [0.5, 0.6) is 17.2 Å². The molecule has 0 spiro atoms. The van der Waals surface area contributed by atoms with Crippen LogP contribution in [-0.4, -0.2) is 49.4 Å². The van der Waals surface area contributed by atoms with E-state index in [4.69, 9.17) is 19.9 Å². The van der Waals surface area contributed by atoms with Gasteiger partial charge in [0.15, 0.2) is 0 Å². The maximum Gasteiger partial charge on any atom is 0.343 e. The Morgan fingerprint density at radius 1 is 0.972 bits per heavy atom. The van der Waals surface area contributed by atoms with Crippen molar-refractivity contribution in [3.63, 3.8) is 0 Å². The Labute approximate surface area is 210 Å². The smallest absolute Gasteiger partial charge is 0.343 e. The molecule has 0 bridgehead atoms. The Bertz CT molecular complexity index is 1200. The highest BCUT2D eigenvalue weighted by Gasteiger charge is 2.44. The first-order valence-corrected chi connectivity index (χ1v) is 11.8. The number of hydrogen-bond donors (Lipinski definition) is 2. The summed E-state index contributed by atoms with van der Waals surface area (Å²) in [6, 6.07) is 21.6. The van der Waals surface area contributed by atoms with Gasteiger partial charge in [0, 0.05) is 18.7 Å². The van der Waals surface area contributed by atoms with E-state index < -0.39 is 17.5 Å². The molecule has 0 aromatic heterocycles. The molecular formula is C28H30N2O6. The third-order valence-electron chi connectivity index (χ3n) is 6.26. The van der Waals surface area contributed by atoms with Crippen molar-refractivity contribution >= 4 is 17.6 Å². The van der Waals surface area contributed by atoms with E-state index in [1.165, 1.54) is 30.5 Å². The maximum atomic E-state index is 12.7. The summed E-state index contributed by atoms with van der Waals surface area (Å²) in [6.45, 7) is 2.28. The molecule has 0 fully saturated rings. The zero-order chi connectivity index (χ0) is 25.5. The van der Waals surface area contributed by atoms with Crippen LogP contribution in [0.2, 0.25) is 0 Å². The second-order valence-electron chi connectivity index (χ2n) is 8.73. The van der Waals surface area contributed by atoms with E-state index in [-0.39, 0.29) is 12.2 Å². The molecule has 4 rings (SSSR count). The predicted molar refractivity (Wildman–Crippen MR) is 136 cm³/mol. The Morgan fingerprint density at radius 2 is 1.64 bits per heavy atom. The van der Waals surface area contributed by atoms with Gasteiger partial charge in [-0.1, -0.05) is 30.3 Å². The second kappa shape index (κ2) is 11.1. The van der Waals surface area contributed by atoms with Crippen LogP contribution in [0.3, 0.4) is 0 Å². The molecule has 36 heavy (non-hydrogen) atoms. The third-order valence-corrected chi connectivity index (χ3v) is 6.26. The summed E-state index contributed by atoms with van der Waals surface area (Å²) in [6.07, 6.45) is 1.99. The van der Waals surface area contributed by atoms with Crippen LogP contribution in [0, 0.1) is 0 Å². The molecule has 8 nitrogen and oxygen atoms in total. The van der Waals surface area contributed by atoms with Gasteiger partial charge in [-0.3, -0.25) is 0 Å². The summed E-state index contributed by atoms with van der Waals surface area (Å²) in [5.41, 5.74) is 6.98. The van der Waals surface area contributed by atoms with Gasteiger partial charge in [-0.25, -0.2) is 9.59 Å². The number of carbonyl (C=O) groups is 2. The van der Waals surface area contributed by atoms with Crippen LogP contribution in [0.15, 0.2) is 72.8 Å². The number of aryl methyl sites for hydroxylation is 1. The van der Waals surface area contributed by atoms with Crippen LogP contribution < -0.4 is 24.8 Å². The van der Waals surface area contributed by atoms with Crippen molar-refractivity contribution in [1.29, 1.82) is 0 Å². The second-order valence-corrected chi connectivity index (χ2v) is 8.73. The summed E-state index contributed by atoms with van der Waals surface area (Å²) in [5, 5.41) is 9.71. The number of nitrogens with zero attached hydrogens (tertiary/aromatic N) is 1. The Hall–Kier alpha value is -4.04. The fraction of sp³-hybridized carbons (Fsp3) is 0.286. The highest BCUT2D eigenvalue weighted by atomic mass is 16.5. The number of carbonyl (C=O) groups excluding carboxylic acids is 1. The summed E-state index contributed by atoms with van der Waals surface area (Å²) < 4.78 is 16.2. The van der Waals surface area contributed by atoms with Crippen molar-refractivity contribution in [3.8, 4) is 17.2 Å². The van der Waals surface area contributed by atoms with Gasteiger partial charge < -0.3 is 30.0 Å². The number of hydrogen-bond acceptors (Lipinski definition) is 7. The standard InChI is InChI=1S/C28H30N2O6/c1-34-22-12-14-24(15-13-22)36-27(33)28(29,26(31)32)19-20-8-10-23(11-9-20)35-18-17-30-16-4-6-21-5-2-3-7-25(21)30/h2-3,5,7-15H,4,6,16-19,29H2,1H3,(H,31,32). The van der Waals surface area contributed by atoms with E-state index in [1.807, 2.05) is 0 Å². The minimum Gasteiger partial charge on any atom is -0.497 e. The minimum absolute atomic E-state index is 0.178. The number of carboxylic acid groups (broad SMARTS) is 1. The largest absolute Gasteiger partial charge is 0.497 e. The van der Waals surface area contributed by atoms with Crippen LogP contribution in [-0.2, 0) is 22.4 Å². The van der Waals surface area contributed by atoms with Gasteiger partial charge in [-0.05, 0) is 66.4 Å². The van der Waals surface area contributed by atoms with Crippen LogP contribution >= 0.6 is 0 Å². The molecule has 0 saturated carbocycles. The van der Waals surface area contributed by atoms with Gasteiger partial charge in [-0.2, -0.15) is 0 Å². The van der Waals surface area contributed by atoms with Crippen molar-refractivity contribution in [2.45, 2.75) is 24.8 Å². The lowest BCUT2D eigenvalue weighted by molar-refractivity contribution is -0.155. The number of ether oxygens (including phenoxy) is 3. The molecule has 0 aliphatic carbocycles. The van der Waals surface area contributed by atoms with E-state index in [2.05, 4.69) is 29.2 Å². The van der Waals surface area contributed by atoms with E-state index in [9.17, 15) is 14.7 Å². The number of esters is 1. The number of nitrogens with two attached hydrogens (primary N) is 1. The fourth-order valence-electron chi connectivity index (χ4n) is 4.22. The van der Waals surface area contributed by atoms with Crippen molar-refractivity contribution in [1.82, 2.24) is 0 Å². The highest BCUT2D eigenvalue weighted by molar-refractivity contribution is 6.04. The molecule has 3 aromatic carbocycles. The maximum absolute atomic E-state index is 12.7. The molecule has 1 aliphatic rings. The molecule has 1 aliphatic heterocycles. The number of methoxy groups -OCH3 is 1. The molecule has 188 valence electrons. The molecule has 0 amide bonds. The topological polar surface area (TPSA) is 111 Å². The highest BCUT2D eigenvalue weighted by Crippen LogP contribution is 2.26. The number of fused-ring (bicyclic) bond motifs is 1. The molecular weight excluding hydrogens is 460 g/mol. The Morgan fingerprint density at radius 3 is 2.33 bits per heavy atom. The molecule has 1 atom stereocenters. The van der Waals surface area contributed by atoms with Gasteiger partial charge >= 0.3 is 11.9 Å². The van der Waals surface area contributed by atoms with Gasteiger partial charge in [0.05, 0.1) is 13.7 Å². The number of rotatable bonds is 10. The van der Waals surface area contributed by atoms with Gasteiger partial charge in [0.1, 0.15) is 23.9 Å². The normalized spacial score (nSPS) is 14.3. The average Bonchev–Trinajstić information content (AvgIpc) is 2.90. The van der Waals surface area contributed by atoms with Crippen molar-refractivity contribution in [2.24, 2.45) is 5.73 Å². The van der Waals surface area contributed by atoms with Gasteiger partial charge in [0.2, 0.25) is 5.54 Å². The number of benzene rings is 3. The van der Waals surface area contributed by atoms with Crippen LogP contribution in [0.1, 0.15) is 17.5 Å². The van der Waals surface area contributed by atoms with Crippen LogP contribution in [0.4, 0.5) is 5.69 Å². The number of para-hydroxylation sites is 1. The molecule has 0 saturated heterocycles. The van der Waals surface area contributed by atoms with E-state index in [0.717, 1.165) is 25.9 Å². The molecule has 1 unspecified atom stereocenters. The zero-order valence-electron chi connectivity index (χ0n) is 20.2. The summed E-state index contributed by atoms with van der Waals surface area (Å²) in [5.74, 6) is -1.11. The summed E-state index contributed by atoms with van der Waals surface area (Å²) in [4.78, 5) is 27.0. The zero-order valence-corrected chi connectivity index (χ0v) is 20.2. The van der Waals surface area contributed by atoms with E-state index >= 15 is 0 Å². The predicted octanol–water partition coefficient (Wildman–Crippen LogP) is 3.46. The number of anilines is 1. The van der Waals surface area contributed by atoms with E-state index in [1.54, 1.807) is 36.4 Å². The lowest BCUT2D eigenvalue weighted by Gasteiger charge is -2.31. The van der Waals surface area contributed by atoms with Gasteiger partial charge in [0.25, 0.3) is 0 Å². The molecule has 8 heteroatoms. The Kier molecular flexibility index (Phi) is 7.75. The molecule has 3 aromatic rings. The number of carboxylic acids is 1. The molecule has 3 N–H and O–H groups in total. The van der Waals surface area contributed by atoms with Gasteiger partial charge in [-0.15, -0.1) is 0 Å². The quantitative estimate of drug-likeness (QED) is 0.253. The molecule has 0 radical (unpaired) electrons. The monoisotopic (exact) mass is 490 g/mol. The first kappa shape index (κ1) is 25.1. The Balaban J connectivity index is 1.34. The first-order chi connectivity index (χ1) is 17.4. The first-order valence-electron chi connectivity index (χ1n) is 11.8. The number of aliphatic carboxylic acids is 1. The third kappa shape index (κ3) is 5.78. The summed E-state index contributed by atoms with van der Waals surface area (Å²) >= 11 is 0. The van der Waals surface area contributed by atoms with E-state index in [0.29, 0.717) is 23.7 Å². The minimum atomic E-state index is -2.25. The van der Waals surface area contributed by atoms with Crippen molar-refractivity contribution < 1.29 is 28.9 Å². The SMILES string of the molecule is COc1ccc(OC(=O)C(N)(Cc2ccc(OCCN3CCCc4ccccc43)cc2)C(=O)O)cc1. The van der Waals surface area contributed by atoms with Crippen molar-refractivity contribution in [3.05, 3.63) is 83.9 Å². The van der Waals surface area contributed by atoms with Crippen molar-refractivity contribution in [2.75, 3.05) is 31.7 Å². The fourth-order valence-corrected chi connectivity index (χ4v) is 4.22. The molecule has 1 heterocycles.